The van der Waals surface area contributed by atoms with Crippen molar-refractivity contribution in [1.29, 1.82) is 0 Å². The van der Waals surface area contributed by atoms with Gasteiger partial charge in [0.15, 0.2) is 0 Å². The fourth-order valence-electron chi connectivity index (χ4n) is 2.94. The minimum atomic E-state index is 0.371. The summed E-state index contributed by atoms with van der Waals surface area (Å²) in [7, 11) is 0. The number of fused-ring (bicyclic) bond motifs is 1. The maximum absolute atomic E-state index is 5.88. The highest BCUT2D eigenvalue weighted by Crippen LogP contribution is 2.25. The second-order valence-electron chi connectivity index (χ2n) is 5.24. The normalized spacial score (nSPS) is 25.1. The molecular formula is C13H21N3O. The van der Waals surface area contributed by atoms with Crippen LogP contribution in [-0.2, 0) is 11.3 Å². The van der Waals surface area contributed by atoms with Crippen LogP contribution in [-0.4, -0.2) is 29.5 Å². The van der Waals surface area contributed by atoms with Crippen LogP contribution in [0, 0.1) is 5.92 Å². The average Bonchev–Trinajstić information content (AvgIpc) is 2.99. The maximum atomic E-state index is 5.88. The van der Waals surface area contributed by atoms with Crippen molar-refractivity contribution < 1.29 is 4.74 Å². The summed E-state index contributed by atoms with van der Waals surface area (Å²) in [5.74, 6) is 0.809. The van der Waals surface area contributed by atoms with Crippen molar-refractivity contribution in [2.45, 2.75) is 38.3 Å². The summed E-state index contributed by atoms with van der Waals surface area (Å²) in [6.45, 7) is 3.63. The minimum Gasteiger partial charge on any atom is -0.379 e. The van der Waals surface area contributed by atoms with E-state index < -0.39 is 0 Å². The first-order valence-electron chi connectivity index (χ1n) is 6.74. The zero-order chi connectivity index (χ0) is 11.5. The monoisotopic (exact) mass is 235 g/mol. The second kappa shape index (κ2) is 5.19. The zero-order valence-corrected chi connectivity index (χ0v) is 10.3. The third kappa shape index (κ3) is 2.53. The molecule has 1 atom stereocenters. The fourth-order valence-corrected chi connectivity index (χ4v) is 2.94. The third-order valence-corrected chi connectivity index (χ3v) is 3.92. The van der Waals surface area contributed by atoms with E-state index in [0.29, 0.717) is 6.04 Å². The van der Waals surface area contributed by atoms with Crippen molar-refractivity contribution in [3.8, 4) is 0 Å². The molecule has 17 heavy (non-hydrogen) atoms. The van der Waals surface area contributed by atoms with E-state index >= 15 is 0 Å². The molecule has 4 heteroatoms. The molecule has 0 saturated heterocycles. The molecule has 4 nitrogen and oxygen atoms in total. The summed E-state index contributed by atoms with van der Waals surface area (Å²) < 4.78 is 8.00. The Morgan fingerprint density at radius 2 is 2.24 bits per heavy atom. The van der Waals surface area contributed by atoms with Crippen LogP contribution in [0.25, 0.3) is 0 Å². The van der Waals surface area contributed by atoms with E-state index in [4.69, 9.17) is 4.74 Å². The highest BCUT2D eigenvalue weighted by molar-refractivity contribution is 5.04. The van der Waals surface area contributed by atoms with Crippen molar-refractivity contribution >= 4 is 0 Å². The van der Waals surface area contributed by atoms with Gasteiger partial charge in [-0.05, 0) is 24.8 Å². The highest BCUT2D eigenvalue weighted by atomic mass is 16.5. The summed E-state index contributed by atoms with van der Waals surface area (Å²) in [6.07, 6.45) is 7.38. The van der Waals surface area contributed by atoms with Gasteiger partial charge in [0.2, 0.25) is 0 Å². The Morgan fingerprint density at radius 3 is 3.12 bits per heavy atom. The van der Waals surface area contributed by atoms with Crippen molar-refractivity contribution in [2.24, 2.45) is 5.92 Å². The molecule has 1 fully saturated rings. The topological polar surface area (TPSA) is 39.1 Å². The smallest absolute Gasteiger partial charge is 0.0880 e. The van der Waals surface area contributed by atoms with Crippen molar-refractivity contribution in [3.05, 3.63) is 18.0 Å². The number of hydrogen-bond acceptors (Lipinski definition) is 3. The van der Waals surface area contributed by atoms with Gasteiger partial charge in [0, 0.05) is 25.9 Å². The molecule has 1 aliphatic carbocycles. The van der Waals surface area contributed by atoms with Gasteiger partial charge in [-0.1, -0.05) is 12.8 Å². The van der Waals surface area contributed by atoms with Gasteiger partial charge in [-0.25, -0.2) is 0 Å². The van der Waals surface area contributed by atoms with Crippen LogP contribution in [0.4, 0.5) is 0 Å². The standard InChI is InChI=1S/C13H21N3O/c1-2-4-11(3-1)9-17-10-13-8-14-7-12-5-6-15-16(12)13/h5-6,11,13-14H,1-4,7-10H2. The summed E-state index contributed by atoms with van der Waals surface area (Å²) in [5.41, 5.74) is 1.27. The molecule has 1 aromatic rings. The van der Waals surface area contributed by atoms with Crippen molar-refractivity contribution in [2.75, 3.05) is 19.8 Å². The number of hydrogen-bond donors (Lipinski definition) is 1. The van der Waals surface area contributed by atoms with Crippen LogP contribution in [0.15, 0.2) is 12.3 Å². The molecule has 0 bridgehead atoms. The van der Waals surface area contributed by atoms with Crippen LogP contribution in [0.2, 0.25) is 0 Å². The molecular weight excluding hydrogens is 214 g/mol. The molecule has 2 heterocycles. The van der Waals surface area contributed by atoms with Gasteiger partial charge in [-0.15, -0.1) is 0 Å². The lowest BCUT2D eigenvalue weighted by Gasteiger charge is -2.25. The quantitative estimate of drug-likeness (QED) is 0.864. The minimum absolute atomic E-state index is 0.371. The maximum Gasteiger partial charge on any atom is 0.0880 e. The molecule has 0 spiro atoms. The number of nitrogens with zero attached hydrogens (tertiary/aromatic N) is 2. The van der Waals surface area contributed by atoms with Gasteiger partial charge in [0.1, 0.15) is 0 Å². The molecule has 1 N–H and O–H groups in total. The van der Waals surface area contributed by atoms with E-state index in [1.54, 1.807) is 0 Å². The van der Waals surface area contributed by atoms with Gasteiger partial charge in [0.05, 0.1) is 18.3 Å². The first-order valence-corrected chi connectivity index (χ1v) is 6.74. The van der Waals surface area contributed by atoms with E-state index in [0.717, 1.165) is 32.2 Å². The molecule has 1 aromatic heterocycles. The fraction of sp³-hybridized carbons (Fsp3) is 0.769. The Labute approximate surface area is 102 Å². The number of rotatable bonds is 4. The van der Waals surface area contributed by atoms with Gasteiger partial charge in [0.25, 0.3) is 0 Å². The molecule has 1 unspecified atom stereocenters. The van der Waals surface area contributed by atoms with E-state index in [-0.39, 0.29) is 0 Å². The molecule has 2 aliphatic rings. The van der Waals surface area contributed by atoms with Crippen LogP contribution in [0.3, 0.4) is 0 Å². The molecule has 0 amide bonds. The number of aromatic nitrogens is 2. The predicted octanol–water partition coefficient (Wildman–Crippen LogP) is 1.73. The summed E-state index contributed by atoms with van der Waals surface area (Å²) in [6, 6.07) is 2.45. The van der Waals surface area contributed by atoms with E-state index in [1.165, 1.54) is 31.4 Å². The predicted molar refractivity (Wildman–Crippen MR) is 65.7 cm³/mol. The number of ether oxygens (including phenoxy) is 1. The molecule has 3 rings (SSSR count). The van der Waals surface area contributed by atoms with Gasteiger partial charge >= 0.3 is 0 Å². The second-order valence-corrected chi connectivity index (χ2v) is 5.24. The molecule has 1 aliphatic heterocycles. The summed E-state index contributed by atoms with van der Waals surface area (Å²) in [4.78, 5) is 0. The Bertz CT molecular complexity index is 357. The first-order chi connectivity index (χ1) is 8.43. The summed E-state index contributed by atoms with van der Waals surface area (Å²) >= 11 is 0. The average molecular weight is 235 g/mol. The zero-order valence-electron chi connectivity index (χ0n) is 10.3. The first kappa shape index (κ1) is 11.2. The van der Waals surface area contributed by atoms with Gasteiger partial charge < -0.3 is 10.1 Å². The van der Waals surface area contributed by atoms with E-state index in [1.807, 2.05) is 6.20 Å². The van der Waals surface area contributed by atoms with Crippen molar-refractivity contribution in [3.63, 3.8) is 0 Å². The van der Waals surface area contributed by atoms with Gasteiger partial charge in [-0.2, -0.15) is 5.10 Å². The molecule has 0 aromatic carbocycles. The van der Waals surface area contributed by atoms with Crippen LogP contribution < -0.4 is 5.32 Å². The van der Waals surface area contributed by atoms with Crippen LogP contribution in [0.1, 0.15) is 37.4 Å². The van der Waals surface area contributed by atoms with Crippen molar-refractivity contribution in [1.82, 2.24) is 15.1 Å². The molecule has 1 saturated carbocycles. The molecule has 0 radical (unpaired) electrons. The SMILES string of the molecule is c1cc2n(n1)C(COCC1CCCC1)CNC2. The van der Waals surface area contributed by atoms with E-state index in [2.05, 4.69) is 21.2 Å². The number of nitrogens with one attached hydrogen (secondary N) is 1. The highest BCUT2D eigenvalue weighted by Gasteiger charge is 2.21. The lowest BCUT2D eigenvalue weighted by molar-refractivity contribution is 0.0679. The Morgan fingerprint density at radius 1 is 1.35 bits per heavy atom. The Kier molecular flexibility index (Phi) is 3.43. The lowest BCUT2D eigenvalue weighted by Crippen LogP contribution is -2.36. The Balaban J connectivity index is 1.49. The lowest BCUT2D eigenvalue weighted by atomic mass is 10.1. The third-order valence-electron chi connectivity index (χ3n) is 3.92. The van der Waals surface area contributed by atoms with Crippen LogP contribution in [0.5, 0.6) is 0 Å². The van der Waals surface area contributed by atoms with E-state index in [9.17, 15) is 0 Å². The molecule has 94 valence electrons. The van der Waals surface area contributed by atoms with Gasteiger partial charge in [-0.3, -0.25) is 4.68 Å². The van der Waals surface area contributed by atoms with Crippen LogP contribution >= 0.6 is 0 Å². The largest absolute Gasteiger partial charge is 0.379 e. The summed E-state index contributed by atoms with van der Waals surface area (Å²) in [5, 5.41) is 7.80. The Hall–Kier alpha value is -0.870.